The van der Waals surface area contributed by atoms with Crippen molar-refractivity contribution in [3.05, 3.63) is 12.0 Å². The molecule has 0 amide bonds. The summed E-state index contributed by atoms with van der Waals surface area (Å²) in [5, 5.41) is 0.879. The lowest BCUT2D eigenvalue weighted by Crippen LogP contribution is -2.17. The summed E-state index contributed by atoms with van der Waals surface area (Å²) in [5.41, 5.74) is 0. The second-order valence-corrected chi connectivity index (χ2v) is 5.46. The third kappa shape index (κ3) is 4.46. The van der Waals surface area contributed by atoms with E-state index in [1.165, 1.54) is 0 Å². The molecular formula is C10H20O2S. The molecule has 0 aliphatic heterocycles. The third-order valence-electron chi connectivity index (χ3n) is 2.28. The highest BCUT2D eigenvalue weighted by molar-refractivity contribution is 7.94. The molecule has 0 spiro atoms. The van der Waals surface area contributed by atoms with E-state index in [2.05, 4.69) is 13.5 Å². The van der Waals surface area contributed by atoms with Gasteiger partial charge in [0.25, 0.3) is 0 Å². The van der Waals surface area contributed by atoms with Crippen LogP contribution in [0, 0.1) is 0 Å². The van der Waals surface area contributed by atoms with Crippen molar-refractivity contribution in [2.75, 3.05) is 0 Å². The molecule has 0 radical (unpaired) electrons. The Kier molecular flexibility index (Phi) is 6.04. The lowest BCUT2D eigenvalue weighted by atomic mass is 10.1. The summed E-state index contributed by atoms with van der Waals surface area (Å²) in [4.78, 5) is 0. The van der Waals surface area contributed by atoms with Gasteiger partial charge in [0.15, 0.2) is 9.84 Å². The average molecular weight is 204 g/mol. The summed E-state index contributed by atoms with van der Waals surface area (Å²) in [5.74, 6) is 0. The predicted octanol–water partition coefficient (Wildman–Crippen LogP) is 2.90. The number of hydrogen-bond acceptors (Lipinski definition) is 2. The maximum absolute atomic E-state index is 11.4. The quantitative estimate of drug-likeness (QED) is 0.597. The normalized spacial score (nSPS) is 14.0. The highest BCUT2D eigenvalue weighted by Crippen LogP contribution is 2.15. The molecular weight excluding hydrogens is 184 g/mol. The van der Waals surface area contributed by atoms with Gasteiger partial charge in [0.1, 0.15) is 0 Å². The van der Waals surface area contributed by atoms with Crippen LogP contribution in [-0.2, 0) is 9.84 Å². The van der Waals surface area contributed by atoms with Gasteiger partial charge in [0.2, 0.25) is 0 Å². The Morgan fingerprint density at radius 1 is 1.31 bits per heavy atom. The molecule has 0 aliphatic carbocycles. The molecule has 78 valence electrons. The molecule has 3 heteroatoms. The second-order valence-electron chi connectivity index (χ2n) is 3.28. The molecule has 0 heterocycles. The van der Waals surface area contributed by atoms with E-state index in [1.807, 2.05) is 6.92 Å². The van der Waals surface area contributed by atoms with Gasteiger partial charge in [0, 0.05) is 5.41 Å². The Bertz CT molecular complexity index is 229. The molecule has 0 saturated heterocycles. The molecule has 2 nitrogen and oxygen atoms in total. The monoisotopic (exact) mass is 204 g/mol. The van der Waals surface area contributed by atoms with E-state index < -0.39 is 9.84 Å². The van der Waals surface area contributed by atoms with Gasteiger partial charge in [-0.1, -0.05) is 39.7 Å². The van der Waals surface area contributed by atoms with Crippen molar-refractivity contribution in [1.82, 2.24) is 0 Å². The van der Waals surface area contributed by atoms with Crippen LogP contribution in [-0.4, -0.2) is 13.7 Å². The molecule has 1 atom stereocenters. The van der Waals surface area contributed by atoms with Crippen molar-refractivity contribution in [2.45, 2.75) is 51.2 Å². The van der Waals surface area contributed by atoms with E-state index in [-0.39, 0.29) is 5.25 Å². The van der Waals surface area contributed by atoms with Gasteiger partial charge in [-0.15, -0.1) is 0 Å². The van der Waals surface area contributed by atoms with Gasteiger partial charge >= 0.3 is 0 Å². The molecule has 0 bridgehead atoms. The Morgan fingerprint density at radius 3 is 2.31 bits per heavy atom. The Hall–Kier alpha value is -0.310. The summed E-state index contributed by atoms with van der Waals surface area (Å²) < 4.78 is 22.8. The van der Waals surface area contributed by atoms with Crippen LogP contribution >= 0.6 is 0 Å². The van der Waals surface area contributed by atoms with Gasteiger partial charge in [-0.2, -0.15) is 0 Å². The van der Waals surface area contributed by atoms with Crippen molar-refractivity contribution in [2.24, 2.45) is 0 Å². The smallest absolute Gasteiger partial charge is 0.173 e. The predicted molar refractivity (Wildman–Crippen MR) is 57.3 cm³/mol. The maximum Gasteiger partial charge on any atom is 0.173 e. The van der Waals surface area contributed by atoms with Crippen LogP contribution < -0.4 is 0 Å². The van der Waals surface area contributed by atoms with Gasteiger partial charge in [0.05, 0.1) is 5.25 Å². The summed E-state index contributed by atoms with van der Waals surface area (Å²) in [6.07, 6.45) is 4.71. The van der Waals surface area contributed by atoms with Crippen LogP contribution in [0.15, 0.2) is 12.0 Å². The molecule has 13 heavy (non-hydrogen) atoms. The van der Waals surface area contributed by atoms with Crippen LogP contribution in [0.3, 0.4) is 0 Å². The number of unbranched alkanes of at least 4 members (excludes halogenated alkanes) is 2. The number of sulfone groups is 1. The van der Waals surface area contributed by atoms with E-state index in [9.17, 15) is 8.42 Å². The molecule has 0 aromatic rings. The molecule has 0 aromatic carbocycles. The van der Waals surface area contributed by atoms with Crippen molar-refractivity contribution in [3.8, 4) is 0 Å². The van der Waals surface area contributed by atoms with Crippen LogP contribution in [0.4, 0.5) is 0 Å². The van der Waals surface area contributed by atoms with Crippen LogP contribution in [0.1, 0.15) is 46.0 Å². The molecule has 0 aromatic heterocycles. The first kappa shape index (κ1) is 12.7. The minimum Gasteiger partial charge on any atom is -0.224 e. The minimum absolute atomic E-state index is 0.212. The topological polar surface area (TPSA) is 34.1 Å². The standard InChI is InChI=1S/C10H20O2S/c1-4-7-8-9-10(5-2)13(11,12)6-3/h6,10H,3-5,7-9H2,1-2H3. The van der Waals surface area contributed by atoms with Gasteiger partial charge in [-0.25, -0.2) is 8.42 Å². The summed E-state index contributed by atoms with van der Waals surface area (Å²) >= 11 is 0. The van der Waals surface area contributed by atoms with E-state index in [1.54, 1.807) is 0 Å². The highest BCUT2D eigenvalue weighted by Gasteiger charge is 2.19. The van der Waals surface area contributed by atoms with Crippen molar-refractivity contribution in [1.29, 1.82) is 0 Å². The molecule has 0 aliphatic rings. The first-order valence-corrected chi connectivity index (χ1v) is 6.55. The largest absolute Gasteiger partial charge is 0.224 e. The zero-order chi connectivity index (χ0) is 10.3. The fourth-order valence-electron chi connectivity index (χ4n) is 1.36. The van der Waals surface area contributed by atoms with Crippen LogP contribution in [0.2, 0.25) is 0 Å². The van der Waals surface area contributed by atoms with Gasteiger partial charge < -0.3 is 0 Å². The molecule has 0 fully saturated rings. The van der Waals surface area contributed by atoms with Crippen molar-refractivity contribution < 1.29 is 8.42 Å². The Morgan fingerprint density at radius 2 is 1.92 bits per heavy atom. The first-order valence-electron chi connectivity index (χ1n) is 4.94. The van der Waals surface area contributed by atoms with Crippen LogP contribution in [0.5, 0.6) is 0 Å². The minimum atomic E-state index is -3.03. The first-order chi connectivity index (χ1) is 6.08. The van der Waals surface area contributed by atoms with Crippen molar-refractivity contribution in [3.63, 3.8) is 0 Å². The summed E-state index contributed by atoms with van der Waals surface area (Å²) in [6.45, 7) is 7.37. The van der Waals surface area contributed by atoms with E-state index >= 15 is 0 Å². The molecule has 0 saturated carbocycles. The Balaban J connectivity index is 4.11. The molecule has 0 N–H and O–H groups in total. The van der Waals surface area contributed by atoms with Crippen molar-refractivity contribution >= 4 is 9.84 Å². The average Bonchev–Trinajstić information content (AvgIpc) is 2.12. The lowest BCUT2D eigenvalue weighted by Gasteiger charge is -2.12. The molecule has 0 rings (SSSR count). The van der Waals surface area contributed by atoms with E-state index in [0.717, 1.165) is 31.1 Å². The summed E-state index contributed by atoms with van der Waals surface area (Å²) in [6, 6.07) is 0. The fraction of sp³-hybridized carbons (Fsp3) is 0.800. The molecule has 1 unspecified atom stereocenters. The SMILES string of the molecule is C=CS(=O)(=O)C(CC)CCCCC. The van der Waals surface area contributed by atoms with Gasteiger partial charge in [-0.05, 0) is 12.8 Å². The zero-order valence-electron chi connectivity index (χ0n) is 8.62. The van der Waals surface area contributed by atoms with Crippen LogP contribution in [0.25, 0.3) is 0 Å². The highest BCUT2D eigenvalue weighted by atomic mass is 32.2. The summed E-state index contributed by atoms with van der Waals surface area (Å²) in [7, 11) is -3.03. The Labute approximate surface area is 82.0 Å². The number of rotatable bonds is 7. The van der Waals surface area contributed by atoms with Gasteiger partial charge in [-0.3, -0.25) is 0 Å². The zero-order valence-corrected chi connectivity index (χ0v) is 9.44. The maximum atomic E-state index is 11.4. The lowest BCUT2D eigenvalue weighted by molar-refractivity contribution is 0.560. The fourth-order valence-corrected chi connectivity index (χ4v) is 2.59. The number of hydrogen-bond donors (Lipinski definition) is 0. The third-order valence-corrected chi connectivity index (χ3v) is 4.24. The van der Waals surface area contributed by atoms with E-state index in [4.69, 9.17) is 0 Å². The second kappa shape index (κ2) is 6.19. The van der Waals surface area contributed by atoms with E-state index in [0.29, 0.717) is 6.42 Å².